The fourth-order valence-corrected chi connectivity index (χ4v) is 1.90. The Balaban J connectivity index is 0.00000200. The highest BCUT2D eigenvalue weighted by Gasteiger charge is 2.27. The predicted octanol–water partition coefficient (Wildman–Crippen LogP) is 1.90. The van der Waals surface area contributed by atoms with Crippen LogP contribution in [0.15, 0.2) is 12.1 Å². The van der Waals surface area contributed by atoms with Gasteiger partial charge < -0.3 is 19.9 Å². The SMILES string of the molecule is COc1cc([N+](=O)[O-])cc([C@H]2CCOC(=O)N2)c1O.Cl. The van der Waals surface area contributed by atoms with Crippen molar-refractivity contribution in [1.29, 1.82) is 0 Å². The molecule has 0 saturated carbocycles. The first-order chi connectivity index (χ1) is 9.02. The summed E-state index contributed by atoms with van der Waals surface area (Å²) >= 11 is 0. The van der Waals surface area contributed by atoms with Crippen LogP contribution in [0, 0.1) is 10.1 Å². The Labute approximate surface area is 120 Å². The molecule has 8 nitrogen and oxygen atoms in total. The fourth-order valence-electron chi connectivity index (χ4n) is 1.90. The lowest BCUT2D eigenvalue weighted by atomic mass is 10.0. The van der Waals surface area contributed by atoms with E-state index in [0.717, 1.165) is 6.07 Å². The molecule has 0 radical (unpaired) electrons. The first kappa shape index (κ1) is 15.8. The van der Waals surface area contributed by atoms with E-state index in [2.05, 4.69) is 5.32 Å². The number of halogens is 1. The van der Waals surface area contributed by atoms with Crippen LogP contribution < -0.4 is 10.1 Å². The van der Waals surface area contributed by atoms with E-state index in [0.29, 0.717) is 6.42 Å². The number of phenolic OH excluding ortho intramolecular Hbond substituents is 1. The summed E-state index contributed by atoms with van der Waals surface area (Å²) in [5.74, 6) is -0.231. The van der Waals surface area contributed by atoms with Crippen LogP contribution in [0.25, 0.3) is 0 Å². The molecule has 20 heavy (non-hydrogen) atoms. The maximum Gasteiger partial charge on any atom is 0.407 e. The number of cyclic esters (lactones) is 1. The smallest absolute Gasteiger partial charge is 0.407 e. The van der Waals surface area contributed by atoms with Crippen molar-refractivity contribution in [1.82, 2.24) is 5.32 Å². The van der Waals surface area contributed by atoms with E-state index in [1.807, 2.05) is 0 Å². The van der Waals surface area contributed by atoms with Crippen LogP contribution in [-0.4, -0.2) is 29.8 Å². The standard InChI is InChI=1S/C11H12N2O6.ClH/c1-18-9-5-6(13(16)17)4-7(10(9)14)8-2-3-19-11(15)12-8;/h4-5,8,14H,2-3H2,1H3,(H,12,15);1H/t8-;/m1./s1. The highest BCUT2D eigenvalue weighted by Crippen LogP contribution is 2.39. The van der Waals surface area contributed by atoms with Crippen molar-refractivity contribution >= 4 is 24.2 Å². The monoisotopic (exact) mass is 304 g/mol. The maximum absolute atomic E-state index is 11.2. The quantitative estimate of drug-likeness (QED) is 0.651. The van der Waals surface area contributed by atoms with Crippen LogP contribution >= 0.6 is 12.4 Å². The molecule has 1 aliphatic heterocycles. The molecule has 1 saturated heterocycles. The number of rotatable bonds is 3. The summed E-state index contributed by atoms with van der Waals surface area (Å²) in [6, 6.07) is 1.80. The van der Waals surface area contributed by atoms with Gasteiger partial charge in [0.15, 0.2) is 11.5 Å². The van der Waals surface area contributed by atoms with Crippen LogP contribution in [0.3, 0.4) is 0 Å². The lowest BCUT2D eigenvalue weighted by molar-refractivity contribution is -0.385. The molecular weight excluding hydrogens is 292 g/mol. The number of hydrogen-bond acceptors (Lipinski definition) is 6. The first-order valence-electron chi connectivity index (χ1n) is 5.51. The second-order valence-corrected chi connectivity index (χ2v) is 3.96. The summed E-state index contributed by atoms with van der Waals surface area (Å²) < 4.78 is 9.60. The average molecular weight is 305 g/mol. The number of phenols is 1. The van der Waals surface area contributed by atoms with Crippen LogP contribution in [0.1, 0.15) is 18.0 Å². The minimum Gasteiger partial charge on any atom is -0.504 e. The van der Waals surface area contributed by atoms with Gasteiger partial charge in [-0.15, -0.1) is 12.4 Å². The fraction of sp³-hybridized carbons (Fsp3) is 0.364. The molecule has 0 spiro atoms. The van der Waals surface area contributed by atoms with E-state index in [-0.39, 0.29) is 41.8 Å². The number of alkyl carbamates (subject to hydrolysis) is 1. The van der Waals surface area contributed by atoms with E-state index < -0.39 is 17.1 Å². The number of non-ortho nitro benzene ring substituents is 1. The van der Waals surface area contributed by atoms with Crippen molar-refractivity contribution in [3.05, 3.63) is 27.8 Å². The van der Waals surface area contributed by atoms with E-state index in [4.69, 9.17) is 9.47 Å². The van der Waals surface area contributed by atoms with Gasteiger partial charge >= 0.3 is 6.09 Å². The van der Waals surface area contributed by atoms with Crippen molar-refractivity contribution in [2.75, 3.05) is 13.7 Å². The molecule has 1 amide bonds. The van der Waals surface area contributed by atoms with Gasteiger partial charge in [0.05, 0.1) is 30.7 Å². The van der Waals surface area contributed by atoms with Gasteiger partial charge in [0.1, 0.15) is 0 Å². The molecule has 9 heteroatoms. The Morgan fingerprint density at radius 1 is 1.55 bits per heavy atom. The number of amides is 1. The number of carbonyl (C=O) groups is 1. The van der Waals surface area contributed by atoms with Crippen LogP contribution in [-0.2, 0) is 4.74 Å². The Bertz CT molecular complexity index is 536. The Hall–Kier alpha value is -2.22. The van der Waals surface area contributed by atoms with E-state index in [9.17, 15) is 20.0 Å². The van der Waals surface area contributed by atoms with Crippen LogP contribution in [0.4, 0.5) is 10.5 Å². The molecule has 1 aromatic carbocycles. The summed E-state index contributed by atoms with van der Waals surface area (Å²) in [4.78, 5) is 21.4. The largest absolute Gasteiger partial charge is 0.504 e. The maximum atomic E-state index is 11.2. The molecule has 1 aliphatic rings. The third-order valence-corrected chi connectivity index (χ3v) is 2.83. The topological polar surface area (TPSA) is 111 Å². The van der Waals surface area contributed by atoms with Gasteiger partial charge in [-0.2, -0.15) is 0 Å². The van der Waals surface area contributed by atoms with Crippen molar-refractivity contribution in [2.24, 2.45) is 0 Å². The van der Waals surface area contributed by atoms with Crippen molar-refractivity contribution in [3.8, 4) is 11.5 Å². The third kappa shape index (κ3) is 3.02. The number of nitro groups is 1. The summed E-state index contributed by atoms with van der Waals surface area (Å²) in [5.41, 5.74) is 0.0214. The number of hydrogen-bond donors (Lipinski definition) is 2. The number of carbonyl (C=O) groups excluding carboxylic acids is 1. The molecule has 0 bridgehead atoms. The van der Waals surface area contributed by atoms with E-state index >= 15 is 0 Å². The summed E-state index contributed by atoms with van der Waals surface area (Å²) in [7, 11) is 1.30. The molecule has 0 unspecified atom stereocenters. The van der Waals surface area contributed by atoms with Gasteiger partial charge in [0, 0.05) is 18.1 Å². The second-order valence-electron chi connectivity index (χ2n) is 3.96. The minimum absolute atomic E-state index is 0. The van der Waals surface area contributed by atoms with Crippen molar-refractivity contribution in [2.45, 2.75) is 12.5 Å². The zero-order chi connectivity index (χ0) is 14.0. The summed E-state index contributed by atoms with van der Waals surface area (Å²) in [6.07, 6.45) is -0.218. The van der Waals surface area contributed by atoms with Crippen molar-refractivity contribution in [3.63, 3.8) is 0 Å². The number of benzene rings is 1. The lowest BCUT2D eigenvalue weighted by Crippen LogP contribution is -2.35. The minimum atomic E-state index is -0.624. The Morgan fingerprint density at radius 3 is 2.80 bits per heavy atom. The van der Waals surface area contributed by atoms with Crippen LogP contribution in [0.5, 0.6) is 11.5 Å². The van der Waals surface area contributed by atoms with Crippen molar-refractivity contribution < 1.29 is 24.3 Å². The lowest BCUT2D eigenvalue weighted by Gasteiger charge is -2.24. The zero-order valence-corrected chi connectivity index (χ0v) is 11.3. The summed E-state index contributed by atoms with van der Waals surface area (Å²) in [6.45, 7) is 0.181. The third-order valence-electron chi connectivity index (χ3n) is 2.83. The number of nitro benzene ring substituents is 1. The predicted molar refractivity (Wildman–Crippen MR) is 70.4 cm³/mol. The molecule has 2 N–H and O–H groups in total. The Morgan fingerprint density at radius 2 is 2.25 bits per heavy atom. The number of nitrogens with zero attached hydrogens (tertiary/aromatic N) is 1. The normalized spacial score (nSPS) is 17.4. The molecule has 1 atom stereocenters. The first-order valence-corrected chi connectivity index (χ1v) is 5.51. The molecule has 1 aromatic rings. The molecule has 1 heterocycles. The highest BCUT2D eigenvalue weighted by molar-refractivity contribution is 5.85. The van der Waals surface area contributed by atoms with Crippen LogP contribution in [0.2, 0.25) is 0 Å². The second kappa shape index (κ2) is 6.29. The summed E-state index contributed by atoms with van der Waals surface area (Å²) in [5, 5.41) is 23.3. The van der Waals surface area contributed by atoms with Gasteiger partial charge in [-0.05, 0) is 0 Å². The number of aromatic hydroxyl groups is 1. The highest BCUT2D eigenvalue weighted by atomic mass is 35.5. The molecule has 110 valence electrons. The van der Waals surface area contributed by atoms with Gasteiger partial charge in [-0.1, -0.05) is 0 Å². The molecule has 0 aromatic heterocycles. The molecule has 0 aliphatic carbocycles. The number of ether oxygens (including phenoxy) is 2. The number of nitrogens with one attached hydrogen (secondary N) is 1. The zero-order valence-electron chi connectivity index (χ0n) is 10.5. The van der Waals surface area contributed by atoms with Gasteiger partial charge in [-0.3, -0.25) is 10.1 Å². The van der Waals surface area contributed by atoms with Gasteiger partial charge in [0.25, 0.3) is 5.69 Å². The molecule has 2 rings (SSSR count). The van der Waals surface area contributed by atoms with Gasteiger partial charge in [-0.25, -0.2) is 4.79 Å². The van der Waals surface area contributed by atoms with Gasteiger partial charge in [0.2, 0.25) is 0 Å². The molecule has 1 fully saturated rings. The van der Waals surface area contributed by atoms with E-state index in [1.54, 1.807) is 0 Å². The van der Waals surface area contributed by atoms with E-state index in [1.165, 1.54) is 13.2 Å². The average Bonchev–Trinajstić information content (AvgIpc) is 2.38. The number of methoxy groups -OCH3 is 1. The Kier molecular flexibility index (Phi) is 4.98. The molecular formula is C11H13ClN2O6.